The van der Waals surface area contributed by atoms with Gasteiger partial charge in [-0.2, -0.15) is 5.10 Å². The van der Waals surface area contributed by atoms with Crippen LogP contribution in [0.3, 0.4) is 0 Å². The number of primary amides is 1. The van der Waals surface area contributed by atoms with Crippen molar-refractivity contribution in [1.29, 1.82) is 0 Å². The van der Waals surface area contributed by atoms with Crippen molar-refractivity contribution < 1.29 is 19.1 Å². The van der Waals surface area contributed by atoms with Gasteiger partial charge in [-0.3, -0.25) is 14.4 Å². The summed E-state index contributed by atoms with van der Waals surface area (Å²) in [6.45, 7) is 5.35. The molecular formula is C20H22N4O4. The molecule has 2 rings (SSSR count). The molecule has 0 bridgehead atoms. The lowest BCUT2D eigenvalue weighted by molar-refractivity contribution is -0.136. The van der Waals surface area contributed by atoms with Crippen molar-refractivity contribution in [2.75, 3.05) is 11.9 Å². The fourth-order valence-electron chi connectivity index (χ4n) is 2.20. The van der Waals surface area contributed by atoms with E-state index < -0.39 is 17.7 Å². The Balaban J connectivity index is 1.93. The van der Waals surface area contributed by atoms with Crippen molar-refractivity contribution in [3.8, 4) is 5.75 Å². The van der Waals surface area contributed by atoms with E-state index >= 15 is 0 Å². The Morgan fingerprint density at radius 1 is 1.00 bits per heavy atom. The Bertz CT molecular complexity index is 920. The maximum atomic E-state index is 12.0. The molecule has 0 unspecified atom stereocenters. The molecule has 0 radical (unpaired) electrons. The smallest absolute Gasteiger partial charge is 0.329 e. The first-order valence-electron chi connectivity index (χ1n) is 8.50. The third-order valence-electron chi connectivity index (χ3n) is 3.95. The molecule has 3 amide bonds. The van der Waals surface area contributed by atoms with E-state index in [9.17, 15) is 14.4 Å². The van der Waals surface area contributed by atoms with Crippen LogP contribution in [0.4, 0.5) is 5.69 Å². The Morgan fingerprint density at radius 3 is 2.29 bits per heavy atom. The summed E-state index contributed by atoms with van der Waals surface area (Å²) < 4.78 is 5.17. The van der Waals surface area contributed by atoms with Gasteiger partial charge in [0.15, 0.2) is 6.61 Å². The van der Waals surface area contributed by atoms with Gasteiger partial charge in [-0.25, -0.2) is 5.43 Å². The Hall–Kier alpha value is -3.68. The SMILES string of the molecule is C/C(=N\NC(=O)C(=O)Nc1ccc(C)c(C)c1)c1ccc(OCC(N)=O)cc1. The first kappa shape index (κ1) is 20.6. The lowest BCUT2D eigenvalue weighted by Gasteiger charge is -2.07. The number of nitrogens with one attached hydrogen (secondary N) is 2. The monoisotopic (exact) mass is 382 g/mol. The van der Waals surface area contributed by atoms with Gasteiger partial charge in [-0.15, -0.1) is 0 Å². The van der Waals surface area contributed by atoms with E-state index in [0.29, 0.717) is 22.7 Å². The van der Waals surface area contributed by atoms with E-state index in [1.165, 1.54) is 0 Å². The number of carbonyl (C=O) groups is 3. The van der Waals surface area contributed by atoms with Crippen LogP contribution >= 0.6 is 0 Å². The summed E-state index contributed by atoms with van der Waals surface area (Å²) in [5, 5.41) is 6.46. The van der Waals surface area contributed by atoms with Crippen molar-refractivity contribution in [2.24, 2.45) is 10.8 Å². The lowest BCUT2D eigenvalue weighted by Crippen LogP contribution is -2.33. The van der Waals surface area contributed by atoms with Crippen molar-refractivity contribution in [3.05, 3.63) is 59.2 Å². The summed E-state index contributed by atoms with van der Waals surface area (Å²) in [7, 11) is 0. The molecular weight excluding hydrogens is 360 g/mol. The zero-order valence-electron chi connectivity index (χ0n) is 15.9. The van der Waals surface area contributed by atoms with Gasteiger partial charge in [0.25, 0.3) is 5.91 Å². The molecule has 0 atom stereocenters. The average Bonchev–Trinajstić information content (AvgIpc) is 2.67. The van der Waals surface area contributed by atoms with E-state index in [1.807, 2.05) is 19.9 Å². The molecule has 28 heavy (non-hydrogen) atoms. The fourth-order valence-corrected chi connectivity index (χ4v) is 2.20. The van der Waals surface area contributed by atoms with Gasteiger partial charge in [0.05, 0.1) is 5.71 Å². The molecule has 0 aliphatic rings. The predicted octanol–water partition coefficient (Wildman–Crippen LogP) is 1.65. The molecule has 8 heteroatoms. The molecule has 0 aromatic heterocycles. The maximum Gasteiger partial charge on any atom is 0.329 e. The first-order valence-corrected chi connectivity index (χ1v) is 8.50. The number of rotatable bonds is 6. The number of aryl methyl sites for hydroxylation is 2. The highest BCUT2D eigenvalue weighted by Gasteiger charge is 2.13. The van der Waals surface area contributed by atoms with Crippen LogP contribution in [-0.4, -0.2) is 30.0 Å². The zero-order valence-corrected chi connectivity index (χ0v) is 15.9. The van der Waals surface area contributed by atoms with Crippen molar-refractivity contribution in [3.63, 3.8) is 0 Å². The summed E-state index contributed by atoms with van der Waals surface area (Å²) in [5.74, 6) is -1.77. The molecule has 0 spiro atoms. The average molecular weight is 382 g/mol. The normalized spacial score (nSPS) is 10.9. The standard InChI is InChI=1S/C20H22N4O4/c1-12-4-7-16(10-13(12)2)22-19(26)20(27)24-23-14(3)15-5-8-17(9-6-15)28-11-18(21)25/h4-10H,11H2,1-3H3,(H2,21,25)(H,22,26)(H,24,27)/b23-14+. The van der Waals surface area contributed by atoms with Crippen LogP contribution in [0.1, 0.15) is 23.6 Å². The van der Waals surface area contributed by atoms with Crippen LogP contribution < -0.4 is 21.2 Å². The Kier molecular flexibility index (Phi) is 6.86. The van der Waals surface area contributed by atoms with Gasteiger partial charge in [0.2, 0.25) is 0 Å². The second kappa shape index (κ2) is 9.31. The van der Waals surface area contributed by atoms with E-state index in [0.717, 1.165) is 11.1 Å². The first-order chi connectivity index (χ1) is 13.3. The number of nitrogens with zero attached hydrogens (tertiary/aromatic N) is 1. The summed E-state index contributed by atoms with van der Waals surface area (Å²) >= 11 is 0. The quantitative estimate of drug-likeness (QED) is 0.399. The minimum Gasteiger partial charge on any atom is -0.484 e. The minimum absolute atomic E-state index is 0.210. The van der Waals surface area contributed by atoms with Gasteiger partial charge < -0.3 is 15.8 Å². The number of hydrogen-bond acceptors (Lipinski definition) is 5. The number of hydrazone groups is 1. The highest BCUT2D eigenvalue weighted by Crippen LogP contribution is 2.14. The largest absolute Gasteiger partial charge is 0.484 e. The van der Waals surface area contributed by atoms with Crippen molar-refractivity contribution >= 4 is 29.1 Å². The van der Waals surface area contributed by atoms with E-state index in [1.54, 1.807) is 43.3 Å². The Morgan fingerprint density at radius 2 is 1.68 bits per heavy atom. The van der Waals surface area contributed by atoms with Crippen LogP contribution in [0.25, 0.3) is 0 Å². The summed E-state index contributed by atoms with van der Waals surface area (Å²) in [5.41, 5.74) is 11.1. The van der Waals surface area contributed by atoms with Crippen molar-refractivity contribution in [1.82, 2.24) is 5.43 Å². The van der Waals surface area contributed by atoms with E-state index in [-0.39, 0.29) is 6.61 Å². The van der Waals surface area contributed by atoms with Crippen molar-refractivity contribution in [2.45, 2.75) is 20.8 Å². The number of benzene rings is 2. The van der Waals surface area contributed by atoms with E-state index in [4.69, 9.17) is 10.5 Å². The second-order valence-electron chi connectivity index (χ2n) is 6.17. The van der Waals surface area contributed by atoms with Crippen LogP contribution in [0.2, 0.25) is 0 Å². The Labute approximate surface area is 162 Å². The molecule has 0 aliphatic heterocycles. The van der Waals surface area contributed by atoms with Crippen LogP contribution in [0.15, 0.2) is 47.6 Å². The summed E-state index contributed by atoms with van der Waals surface area (Å²) in [6.07, 6.45) is 0. The fraction of sp³-hybridized carbons (Fsp3) is 0.200. The number of carbonyl (C=O) groups excluding carboxylic acids is 3. The number of ether oxygens (including phenoxy) is 1. The van der Waals surface area contributed by atoms with Gasteiger partial charge in [-0.1, -0.05) is 6.07 Å². The highest BCUT2D eigenvalue weighted by atomic mass is 16.5. The molecule has 2 aromatic rings. The van der Waals surface area contributed by atoms with Crippen LogP contribution in [0, 0.1) is 13.8 Å². The number of amides is 3. The zero-order chi connectivity index (χ0) is 20.7. The topological polar surface area (TPSA) is 123 Å². The lowest BCUT2D eigenvalue weighted by atomic mass is 10.1. The number of anilines is 1. The van der Waals surface area contributed by atoms with Crippen LogP contribution in [0.5, 0.6) is 5.75 Å². The second-order valence-corrected chi connectivity index (χ2v) is 6.17. The number of nitrogens with two attached hydrogens (primary N) is 1. The molecule has 0 aliphatic carbocycles. The van der Waals surface area contributed by atoms with Gasteiger partial charge in [-0.05, 0) is 73.9 Å². The van der Waals surface area contributed by atoms with Gasteiger partial charge in [0.1, 0.15) is 5.75 Å². The highest BCUT2D eigenvalue weighted by molar-refractivity contribution is 6.39. The molecule has 8 nitrogen and oxygen atoms in total. The van der Waals surface area contributed by atoms with Gasteiger partial charge in [0, 0.05) is 5.69 Å². The third kappa shape index (κ3) is 5.94. The van der Waals surface area contributed by atoms with E-state index in [2.05, 4.69) is 15.8 Å². The van der Waals surface area contributed by atoms with Crippen LogP contribution in [-0.2, 0) is 14.4 Å². The molecule has 0 saturated carbocycles. The molecule has 0 saturated heterocycles. The molecule has 146 valence electrons. The maximum absolute atomic E-state index is 12.0. The third-order valence-corrected chi connectivity index (χ3v) is 3.95. The molecule has 0 heterocycles. The number of hydrogen-bond donors (Lipinski definition) is 3. The van der Waals surface area contributed by atoms with Gasteiger partial charge >= 0.3 is 11.8 Å². The summed E-state index contributed by atoms with van der Waals surface area (Å²) in [6, 6.07) is 12.1. The molecule has 0 fully saturated rings. The molecule has 2 aromatic carbocycles. The molecule has 4 N–H and O–H groups in total. The predicted molar refractivity (Wildman–Crippen MR) is 106 cm³/mol. The minimum atomic E-state index is -0.876. The summed E-state index contributed by atoms with van der Waals surface area (Å²) in [4.78, 5) is 34.6.